The number of imidazole rings is 1. The number of nitrogens with one attached hydrogen (secondary N) is 1. The fourth-order valence-corrected chi connectivity index (χ4v) is 2.92. The van der Waals surface area contributed by atoms with Crippen LogP contribution in [0.5, 0.6) is 0 Å². The van der Waals surface area contributed by atoms with Crippen molar-refractivity contribution in [1.29, 1.82) is 0 Å². The molecule has 0 saturated carbocycles. The number of alkyl halides is 6. The molecular weight excluding hydrogens is 392 g/mol. The van der Waals surface area contributed by atoms with Gasteiger partial charge in [0.15, 0.2) is 20.0 Å². The minimum absolute atomic E-state index is 0.778. The summed E-state index contributed by atoms with van der Waals surface area (Å²) in [4.78, 5) is 3.17. The fraction of sp³-hybridized carbons (Fsp3) is 0.667. The molecule has 1 heterocycles. The van der Waals surface area contributed by atoms with Gasteiger partial charge < -0.3 is 4.13 Å². The third kappa shape index (κ3) is 5.94. The monoisotopic (exact) mass is 405 g/mol. The zero-order valence-corrected chi connectivity index (χ0v) is 13.8. The number of hydrogen-bond acceptors (Lipinski definition) is 4. The first-order chi connectivity index (χ1) is 10.6. The largest absolute Gasteiger partial charge is 0.480 e. The smallest absolute Gasteiger partial charge is 0.421 e. The summed E-state index contributed by atoms with van der Waals surface area (Å²) >= 11 is 0. The second-order valence-corrected chi connectivity index (χ2v) is 7.38. The standard InChI is InChI=1S/C7H12N2.C2F6NO4S2/c1-3-7-8-5-6-9(7)4-2;3-1(4,5)14(10,11)9-15(12,13)2(6,7)8/h5-6H,3-4H2,1-2H3;/q;-1/p+1. The van der Waals surface area contributed by atoms with Crippen molar-refractivity contribution in [2.75, 3.05) is 0 Å². The van der Waals surface area contributed by atoms with Crippen LogP contribution in [0.4, 0.5) is 26.3 Å². The molecule has 1 aromatic rings. The Morgan fingerprint density at radius 2 is 1.42 bits per heavy atom. The van der Waals surface area contributed by atoms with Crippen LogP contribution in [0.1, 0.15) is 19.7 Å². The van der Waals surface area contributed by atoms with E-state index < -0.39 is 31.1 Å². The van der Waals surface area contributed by atoms with Crippen LogP contribution in [0.2, 0.25) is 0 Å². The summed E-state index contributed by atoms with van der Waals surface area (Å²) in [6.07, 6.45) is 5.13. The number of aromatic nitrogens is 2. The van der Waals surface area contributed by atoms with Gasteiger partial charge in [-0.2, -0.15) is 26.3 Å². The van der Waals surface area contributed by atoms with E-state index in [1.807, 2.05) is 6.20 Å². The number of aryl methyl sites for hydroxylation is 2. The maximum Gasteiger partial charge on any atom is 0.480 e. The molecule has 0 radical (unpaired) electrons. The predicted octanol–water partition coefficient (Wildman–Crippen LogP) is 1.94. The Morgan fingerprint density at radius 3 is 1.67 bits per heavy atom. The first-order valence-corrected chi connectivity index (χ1v) is 8.89. The van der Waals surface area contributed by atoms with Crippen molar-refractivity contribution in [3.05, 3.63) is 22.3 Å². The van der Waals surface area contributed by atoms with Crippen molar-refractivity contribution in [3.8, 4) is 0 Å². The third-order valence-electron chi connectivity index (χ3n) is 2.31. The Balaban J connectivity index is 0.000000496. The Labute approximate surface area is 133 Å². The molecule has 0 aliphatic carbocycles. The first-order valence-electron chi connectivity index (χ1n) is 6.01. The van der Waals surface area contributed by atoms with Crippen LogP contribution < -0.4 is 4.57 Å². The number of rotatable bonds is 4. The topological polar surface area (TPSA) is 102 Å². The van der Waals surface area contributed by atoms with E-state index in [2.05, 4.69) is 29.6 Å². The van der Waals surface area contributed by atoms with Crippen LogP contribution in [0.15, 0.2) is 12.4 Å². The molecule has 0 unspecified atom stereocenters. The molecule has 1 aromatic heterocycles. The molecule has 15 heteroatoms. The first kappa shape index (κ1) is 22.6. The molecule has 142 valence electrons. The van der Waals surface area contributed by atoms with Gasteiger partial charge in [0.2, 0.25) is 0 Å². The molecule has 0 aromatic carbocycles. The van der Waals surface area contributed by atoms with Crippen LogP contribution in [-0.4, -0.2) is 32.8 Å². The molecule has 0 amide bonds. The summed E-state index contributed by atoms with van der Waals surface area (Å²) in [5.41, 5.74) is -12.4. The van der Waals surface area contributed by atoms with Gasteiger partial charge in [0, 0.05) is 6.42 Å². The van der Waals surface area contributed by atoms with Gasteiger partial charge in [0.25, 0.3) is 5.82 Å². The highest BCUT2D eigenvalue weighted by atomic mass is 32.3. The molecule has 0 spiro atoms. The average Bonchev–Trinajstić information content (AvgIpc) is 2.82. The van der Waals surface area contributed by atoms with E-state index in [9.17, 15) is 43.2 Å². The molecule has 0 atom stereocenters. The molecule has 1 rings (SSSR count). The van der Waals surface area contributed by atoms with Crippen molar-refractivity contribution >= 4 is 20.0 Å². The van der Waals surface area contributed by atoms with Crippen molar-refractivity contribution in [2.24, 2.45) is 0 Å². The zero-order valence-electron chi connectivity index (χ0n) is 12.2. The Morgan fingerprint density at radius 1 is 1.00 bits per heavy atom. The van der Waals surface area contributed by atoms with Crippen LogP contribution in [-0.2, 0) is 33.0 Å². The van der Waals surface area contributed by atoms with Gasteiger partial charge in [-0.05, 0) is 6.92 Å². The number of sulfonamides is 2. The lowest BCUT2D eigenvalue weighted by atomic mass is 10.4. The fourth-order valence-electron chi connectivity index (χ4n) is 1.21. The molecule has 24 heavy (non-hydrogen) atoms. The van der Waals surface area contributed by atoms with Gasteiger partial charge in [-0.3, -0.25) is 0 Å². The van der Waals surface area contributed by atoms with E-state index in [4.69, 9.17) is 0 Å². The van der Waals surface area contributed by atoms with Crippen molar-refractivity contribution < 1.29 is 47.7 Å². The lowest BCUT2D eigenvalue weighted by Crippen LogP contribution is -2.34. The number of nitrogens with zero attached hydrogens (tertiary/aromatic N) is 2. The summed E-state index contributed by atoms with van der Waals surface area (Å²) in [5, 5.41) is 0. The van der Waals surface area contributed by atoms with Gasteiger partial charge in [-0.15, -0.1) is 0 Å². The number of aromatic amines is 1. The summed E-state index contributed by atoms with van der Waals surface area (Å²) < 4.78 is 111. The molecule has 0 aliphatic heterocycles. The molecule has 7 nitrogen and oxygen atoms in total. The van der Waals surface area contributed by atoms with E-state index in [0.29, 0.717) is 0 Å². The third-order valence-corrected chi connectivity index (χ3v) is 5.05. The van der Waals surface area contributed by atoms with Gasteiger partial charge in [0.05, 0.1) is 6.54 Å². The van der Waals surface area contributed by atoms with Crippen LogP contribution in [0, 0.1) is 0 Å². The number of halogens is 6. The van der Waals surface area contributed by atoms with Crippen molar-refractivity contribution in [2.45, 2.75) is 37.8 Å². The van der Waals surface area contributed by atoms with E-state index in [1.165, 1.54) is 5.82 Å². The second-order valence-electron chi connectivity index (χ2n) is 3.96. The maximum absolute atomic E-state index is 11.4. The van der Waals surface area contributed by atoms with Crippen molar-refractivity contribution in [1.82, 2.24) is 4.98 Å². The molecule has 0 saturated heterocycles. The molecule has 0 aliphatic rings. The van der Waals surface area contributed by atoms with Gasteiger partial charge in [0.1, 0.15) is 12.4 Å². The second kappa shape index (κ2) is 7.69. The highest BCUT2D eigenvalue weighted by Crippen LogP contribution is 2.36. The number of H-pyrrole nitrogens is 1. The normalized spacial score (nSPS) is 13.3. The summed E-state index contributed by atoms with van der Waals surface area (Å²) in [5.74, 6) is 1.30. The Hall–Kier alpha value is -1.35. The van der Waals surface area contributed by atoms with E-state index >= 15 is 0 Å². The van der Waals surface area contributed by atoms with Crippen LogP contribution in [0.3, 0.4) is 0 Å². The quantitative estimate of drug-likeness (QED) is 0.611. The van der Waals surface area contributed by atoms with E-state index in [0.717, 1.165) is 17.1 Å². The average molecular weight is 405 g/mol. The lowest BCUT2D eigenvalue weighted by Gasteiger charge is -2.22. The summed E-state index contributed by atoms with van der Waals surface area (Å²) in [7, 11) is -13.4. The highest BCUT2D eigenvalue weighted by molar-refractivity contribution is 8.13. The molecule has 0 bridgehead atoms. The van der Waals surface area contributed by atoms with Gasteiger partial charge >= 0.3 is 11.0 Å². The Bertz CT molecular complexity index is 676. The van der Waals surface area contributed by atoms with E-state index in [-0.39, 0.29) is 0 Å². The SMILES string of the molecule is CCc1[nH]cc[n+]1CC.O=S(=O)([N-]S(=O)(=O)C(F)(F)F)C(F)(F)F. The minimum atomic E-state index is -6.72. The summed E-state index contributed by atoms with van der Waals surface area (Å²) in [6, 6.07) is 0. The van der Waals surface area contributed by atoms with Gasteiger partial charge in [-0.25, -0.2) is 26.4 Å². The van der Waals surface area contributed by atoms with Gasteiger partial charge in [-0.1, -0.05) is 6.92 Å². The lowest BCUT2D eigenvalue weighted by molar-refractivity contribution is -0.699. The predicted molar refractivity (Wildman–Crippen MR) is 69.3 cm³/mol. The number of hydrogen-bond donors (Lipinski definition) is 1. The molecular formula is C9H13F6N3O4S2. The summed E-state index contributed by atoms with van der Waals surface area (Å²) in [6.45, 7) is 5.36. The van der Waals surface area contributed by atoms with E-state index in [1.54, 1.807) is 0 Å². The molecule has 1 N–H and O–H groups in total. The van der Waals surface area contributed by atoms with Crippen LogP contribution >= 0.6 is 0 Å². The Kier molecular flexibility index (Phi) is 7.26. The minimum Gasteiger partial charge on any atom is -0.421 e. The zero-order chi connectivity index (χ0) is 19.4. The maximum atomic E-state index is 11.4. The van der Waals surface area contributed by atoms with Crippen molar-refractivity contribution in [3.63, 3.8) is 0 Å². The van der Waals surface area contributed by atoms with Crippen LogP contribution in [0.25, 0.3) is 4.13 Å². The molecule has 0 fully saturated rings. The highest BCUT2D eigenvalue weighted by Gasteiger charge is 2.46.